The lowest BCUT2D eigenvalue weighted by atomic mass is 9.75. The summed E-state index contributed by atoms with van der Waals surface area (Å²) in [6, 6.07) is 4.30. The van der Waals surface area contributed by atoms with Gasteiger partial charge in [-0.05, 0) is 48.9 Å². The minimum Gasteiger partial charge on any atom is -0.357 e. The molecule has 0 atom stereocenters. The van der Waals surface area contributed by atoms with Gasteiger partial charge >= 0.3 is 0 Å². The molecule has 19 heavy (non-hydrogen) atoms. The first-order valence-corrected chi connectivity index (χ1v) is 7.35. The van der Waals surface area contributed by atoms with Crippen LogP contribution < -0.4 is 10.2 Å². The van der Waals surface area contributed by atoms with Crippen molar-refractivity contribution >= 4 is 5.82 Å². The molecule has 3 heteroatoms. The number of nitrogens with zero attached hydrogens (tertiary/aromatic N) is 2. The molecule has 1 saturated heterocycles. The normalized spacial score (nSPS) is 17.8. The monoisotopic (exact) mass is 261 g/mol. The molecule has 0 amide bonds. The predicted molar refractivity (Wildman–Crippen MR) is 81.4 cm³/mol. The van der Waals surface area contributed by atoms with Gasteiger partial charge in [0.15, 0.2) is 0 Å². The Kier molecular flexibility index (Phi) is 4.46. The number of pyridine rings is 1. The first kappa shape index (κ1) is 14.3. The van der Waals surface area contributed by atoms with Gasteiger partial charge in [0.25, 0.3) is 0 Å². The fourth-order valence-corrected chi connectivity index (χ4v) is 2.92. The molecule has 0 saturated carbocycles. The Morgan fingerprint density at radius 3 is 2.58 bits per heavy atom. The number of rotatable bonds is 3. The Hall–Kier alpha value is -1.09. The highest BCUT2D eigenvalue weighted by molar-refractivity contribution is 5.41. The zero-order chi connectivity index (χ0) is 13.9. The first-order valence-electron chi connectivity index (χ1n) is 7.35. The van der Waals surface area contributed by atoms with E-state index in [9.17, 15) is 0 Å². The third-order valence-corrected chi connectivity index (χ3v) is 4.23. The molecule has 106 valence electrons. The molecule has 0 unspecified atom stereocenters. The molecule has 2 heterocycles. The van der Waals surface area contributed by atoms with Crippen LogP contribution in [0.2, 0.25) is 0 Å². The van der Waals surface area contributed by atoms with Crippen LogP contribution in [0.1, 0.15) is 39.2 Å². The lowest BCUT2D eigenvalue weighted by Crippen LogP contribution is -2.38. The topological polar surface area (TPSA) is 28.2 Å². The minimum atomic E-state index is 0.438. The second-order valence-electron chi connectivity index (χ2n) is 6.68. The van der Waals surface area contributed by atoms with Crippen molar-refractivity contribution in [3.8, 4) is 0 Å². The summed E-state index contributed by atoms with van der Waals surface area (Å²) < 4.78 is 0. The van der Waals surface area contributed by atoms with Gasteiger partial charge in [0.1, 0.15) is 5.82 Å². The van der Waals surface area contributed by atoms with Crippen LogP contribution >= 0.6 is 0 Å². The van der Waals surface area contributed by atoms with Crippen molar-refractivity contribution in [2.75, 3.05) is 25.0 Å². The third-order valence-electron chi connectivity index (χ3n) is 4.23. The Morgan fingerprint density at radius 2 is 2.00 bits per heavy atom. The van der Waals surface area contributed by atoms with Crippen LogP contribution in [-0.2, 0) is 6.54 Å². The highest BCUT2D eigenvalue weighted by Gasteiger charge is 2.29. The van der Waals surface area contributed by atoms with Crippen molar-refractivity contribution in [1.29, 1.82) is 0 Å². The average molecular weight is 261 g/mol. The largest absolute Gasteiger partial charge is 0.357 e. The molecule has 0 aliphatic carbocycles. The Labute approximate surface area is 117 Å². The zero-order valence-corrected chi connectivity index (χ0v) is 12.7. The summed E-state index contributed by atoms with van der Waals surface area (Å²) in [6.45, 7) is 10.3. The summed E-state index contributed by atoms with van der Waals surface area (Å²) in [5.74, 6) is 1.98. The van der Waals surface area contributed by atoms with Crippen LogP contribution in [0, 0.1) is 11.3 Å². The summed E-state index contributed by atoms with van der Waals surface area (Å²) in [6.07, 6.45) is 4.49. The van der Waals surface area contributed by atoms with Crippen molar-refractivity contribution in [3.63, 3.8) is 0 Å². The summed E-state index contributed by atoms with van der Waals surface area (Å²) in [5, 5.41) is 3.19. The molecule has 1 N–H and O–H groups in total. The van der Waals surface area contributed by atoms with Crippen molar-refractivity contribution in [1.82, 2.24) is 10.3 Å². The fourth-order valence-electron chi connectivity index (χ4n) is 2.92. The molecule has 0 bridgehead atoms. The molecule has 3 nitrogen and oxygen atoms in total. The second kappa shape index (κ2) is 5.91. The van der Waals surface area contributed by atoms with Gasteiger partial charge in [-0.2, -0.15) is 0 Å². The summed E-state index contributed by atoms with van der Waals surface area (Å²) >= 11 is 0. The van der Waals surface area contributed by atoms with Crippen LogP contribution in [0.25, 0.3) is 0 Å². The van der Waals surface area contributed by atoms with Gasteiger partial charge < -0.3 is 10.2 Å². The van der Waals surface area contributed by atoms with Crippen molar-refractivity contribution in [3.05, 3.63) is 23.9 Å². The van der Waals surface area contributed by atoms with Gasteiger partial charge in [-0.3, -0.25) is 0 Å². The van der Waals surface area contributed by atoms with E-state index >= 15 is 0 Å². The summed E-state index contributed by atoms with van der Waals surface area (Å²) in [7, 11) is 1.98. The number of piperidine rings is 1. The van der Waals surface area contributed by atoms with Crippen LogP contribution in [0.5, 0.6) is 0 Å². The SMILES string of the molecule is CNCc1ccnc(N2CCC(C(C)(C)C)CC2)c1. The van der Waals surface area contributed by atoms with E-state index in [2.05, 4.69) is 48.1 Å². The predicted octanol–water partition coefficient (Wildman–Crippen LogP) is 3.06. The molecule has 2 rings (SSSR count). The van der Waals surface area contributed by atoms with Gasteiger partial charge in [0.05, 0.1) is 0 Å². The van der Waals surface area contributed by atoms with E-state index in [0.29, 0.717) is 5.41 Å². The minimum absolute atomic E-state index is 0.438. The quantitative estimate of drug-likeness (QED) is 0.906. The standard InChI is InChI=1S/C16H27N3/c1-16(2,3)14-6-9-19(10-7-14)15-11-13(12-17-4)5-8-18-15/h5,8,11,14,17H,6-7,9-10,12H2,1-4H3. The van der Waals surface area contributed by atoms with Crippen LogP contribution in [0.15, 0.2) is 18.3 Å². The van der Waals surface area contributed by atoms with Gasteiger partial charge in [0.2, 0.25) is 0 Å². The third kappa shape index (κ3) is 3.69. The van der Waals surface area contributed by atoms with E-state index < -0.39 is 0 Å². The highest BCUT2D eigenvalue weighted by Crippen LogP contribution is 2.35. The molecule has 0 aromatic carbocycles. The lowest BCUT2D eigenvalue weighted by molar-refractivity contribution is 0.198. The molecule has 0 spiro atoms. The molecular formula is C16H27N3. The van der Waals surface area contributed by atoms with Gasteiger partial charge in [-0.1, -0.05) is 20.8 Å². The van der Waals surface area contributed by atoms with E-state index in [4.69, 9.17) is 0 Å². The van der Waals surface area contributed by atoms with E-state index in [1.807, 2.05) is 13.2 Å². The molecule has 1 aliphatic rings. The van der Waals surface area contributed by atoms with Crippen LogP contribution in [-0.4, -0.2) is 25.1 Å². The fraction of sp³-hybridized carbons (Fsp3) is 0.688. The van der Waals surface area contributed by atoms with Crippen molar-refractivity contribution in [2.24, 2.45) is 11.3 Å². The number of anilines is 1. The van der Waals surface area contributed by atoms with Crippen LogP contribution in [0.4, 0.5) is 5.82 Å². The highest BCUT2D eigenvalue weighted by atomic mass is 15.2. The van der Waals surface area contributed by atoms with Gasteiger partial charge in [-0.15, -0.1) is 0 Å². The number of hydrogen-bond donors (Lipinski definition) is 1. The van der Waals surface area contributed by atoms with E-state index in [1.54, 1.807) is 0 Å². The Balaban J connectivity index is 1.99. The van der Waals surface area contributed by atoms with Gasteiger partial charge in [-0.25, -0.2) is 4.98 Å². The molecule has 1 aromatic rings. The molecule has 1 fully saturated rings. The lowest BCUT2D eigenvalue weighted by Gasteiger charge is -2.39. The molecule has 1 aliphatic heterocycles. The summed E-state index contributed by atoms with van der Waals surface area (Å²) in [4.78, 5) is 6.96. The number of hydrogen-bond acceptors (Lipinski definition) is 3. The zero-order valence-electron chi connectivity index (χ0n) is 12.7. The molecule has 1 aromatic heterocycles. The van der Waals surface area contributed by atoms with E-state index in [1.165, 1.54) is 18.4 Å². The molecular weight excluding hydrogens is 234 g/mol. The Bertz CT molecular complexity index is 401. The second-order valence-corrected chi connectivity index (χ2v) is 6.68. The molecule has 0 radical (unpaired) electrons. The Morgan fingerprint density at radius 1 is 1.32 bits per heavy atom. The summed E-state index contributed by atoms with van der Waals surface area (Å²) in [5.41, 5.74) is 1.75. The van der Waals surface area contributed by atoms with Crippen molar-refractivity contribution in [2.45, 2.75) is 40.2 Å². The van der Waals surface area contributed by atoms with Crippen LogP contribution in [0.3, 0.4) is 0 Å². The van der Waals surface area contributed by atoms with Gasteiger partial charge in [0, 0.05) is 25.8 Å². The first-order chi connectivity index (χ1) is 9.00. The maximum absolute atomic E-state index is 4.53. The smallest absolute Gasteiger partial charge is 0.128 e. The number of nitrogens with one attached hydrogen (secondary N) is 1. The van der Waals surface area contributed by atoms with Crippen molar-refractivity contribution < 1.29 is 0 Å². The number of aromatic nitrogens is 1. The van der Waals surface area contributed by atoms with E-state index in [-0.39, 0.29) is 0 Å². The maximum atomic E-state index is 4.53. The van der Waals surface area contributed by atoms with E-state index in [0.717, 1.165) is 31.4 Å². The maximum Gasteiger partial charge on any atom is 0.128 e. The average Bonchev–Trinajstić information content (AvgIpc) is 2.39.